The quantitative estimate of drug-likeness (QED) is 0.884. The maximum atomic E-state index is 11.9. The molecule has 0 unspecified atom stereocenters. The van der Waals surface area contributed by atoms with Gasteiger partial charge in [0, 0.05) is 13.3 Å². The Morgan fingerprint density at radius 3 is 2.73 bits per heavy atom. The van der Waals surface area contributed by atoms with Crippen molar-refractivity contribution in [1.29, 1.82) is 5.26 Å². The summed E-state index contributed by atoms with van der Waals surface area (Å²) in [5, 5.41) is 19.3. The largest absolute Gasteiger partial charge is 0.494 e. The molecule has 1 aromatic heterocycles. The second-order valence-corrected chi connectivity index (χ2v) is 4.95. The molecule has 0 aliphatic rings. The summed E-state index contributed by atoms with van der Waals surface area (Å²) >= 11 is 0. The van der Waals surface area contributed by atoms with Crippen LogP contribution in [-0.4, -0.2) is 15.9 Å². The zero-order valence-electron chi connectivity index (χ0n) is 12.8. The Kier molecular flexibility index (Phi) is 4.42. The van der Waals surface area contributed by atoms with Gasteiger partial charge in [-0.15, -0.1) is 0 Å². The lowest BCUT2D eigenvalue weighted by Gasteiger charge is -2.10. The lowest BCUT2D eigenvalue weighted by molar-refractivity contribution is 0.421. The van der Waals surface area contributed by atoms with Crippen LogP contribution in [0.1, 0.15) is 29.2 Å². The summed E-state index contributed by atoms with van der Waals surface area (Å²) in [5.41, 5.74) is 2.21. The van der Waals surface area contributed by atoms with Gasteiger partial charge in [0.2, 0.25) is 5.88 Å². The molecule has 0 atom stereocenters. The molecule has 0 fully saturated rings. The minimum atomic E-state index is -0.511. The maximum Gasteiger partial charge on any atom is 0.271 e. The molecule has 2 aromatic rings. The van der Waals surface area contributed by atoms with E-state index >= 15 is 0 Å². The number of benzene rings is 1. The fourth-order valence-electron chi connectivity index (χ4n) is 2.26. The van der Waals surface area contributed by atoms with Crippen LogP contribution in [0.5, 0.6) is 5.88 Å². The van der Waals surface area contributed by atoms with E-state index in [1.807, 2.05) is 37.3 Å². The Balaban J connectivity index is 2.60. The molecule has 22 heavy (non-hydrogen) atoms. The summed E-state index contributed by atoms with van der Waals surface area (Å²) in [6, 6.07) is 9.59. The Labute approximate surface area is 128 Å². The fourth-order valence-corrected chi connectivity index (χ4v) is 2.26. The summed E-state index contributed by atoms with van der Waals surface area (Å²) in [6.07, 6.45) is 2.34. The van der Waals surface area contributed by atoms with Gasteiger partial charge >= 0.3 is 0 Å². The summed E-state index contributed by atoms with van der Waals surface area (Å²) in [6.45, 7) is 3.67. The molecule has 0 spiro atoms. The van der Waals surface area contributed by atoms with E-state index in [4.69, 9.17) is 5.26 Å². The van der Waals surface area contributed by atoms with Crippen molar-refractivity contribution in [2.75, 3.05) is 0 Å². The molecule has 0 saturated carbocycles. The number of aromatic nitrogens is 1. The number of nitrogens with zero attached hydrogens (tertiary/aromatic N) is 3. The molecule has 0 amide bonds. The van der Waals surface area contributed by atoms with E-state index in [9.17, 15) is 9.90 Å². The van der Waals surface area contributed by atoms with Crippen molar-refractivity contribution in [3.05, 3.63) is 56.9 Å². The van der Waals surface area contributed by atoms with Gasteiger partial charge in [-0.2, -0.15) is 5.26 Å². The van der Waals surface area contributed by atoms with Crippen LogP contribution in [0.2, 0.25) is 0 Å². The number of hydrogen-bond acceptors (Lipinski definition) is 4. The Bertz CT molecular complexity index is 842. The average molecular weight is 295 g/mol. The second kappa shape index (κ2) is 6.27. The highest BCUT2D eigenvalue weighted by molar-refractivity contribution is 5.87. The van der Waals surface area contributed by atoms with Crippen LogP contribution in [0.25, 0.3) is 0 Å². The average Bonchev–Trinajstić information content (AvgIpc) is 2.53. The zero-order valence-corrected chi connectivity index (χ0v) is 12.8. The SMILES string of the molecule is CCc1ccccc1N=Cc1c(C)c(C#N)c(=O)n(C)c1O. The third-order valence-electron chi connectivity index (χ3n) is 3.67. The van der Waals surface area contributed by atoms with Crippen LogP contribution in [0.4, 0.5) is 5.69 Å². The number of pyridine rings is 1. The molecule has 0 aliphatic carbocycles. The first kappa shape index (κ1) is 15.5. The highest BCUT2D eigenvalue weighted by atomic mass is 16.3. The number of rotatable bonds is 3. The van der Waals surface area contributed by atoms with Crippen LogP contribution < -0.4 is 5.56 Å². The van der Waals surface area contributed by atoms with Gasteiger partial charge in [0.1, 0.15) is 11.6 Å². The second-order valence-electron chi connectivity index (χ2n) is 4.95. The number of aromatic hydroxyl groups is 1. The normalized spacial score (nSPS) is 10.8. The smallest absolute Gasteiger partial charge is 0.271 e. The maximum absolute atomic E-state index is 11.9. The summed E-state index contributed by atoms with van der Waals surface area (Å²) in [5.74, 6) is -0.195. The first-order chi connectivity index (χ1) is 10.5. The van der Waals surface area contributed by atoms with E-state index in [0.29, 0.717) is 11.1 Å². The van der Waals surface area contributed by atoms with Crippen LogP contribution in [-0.2, 0) is 13.5 Å². The lowest BCUT2D eigenvalue weighted by atomic mass is 10.1. The molecule has 0 aliphatic heterocycles. The lowest BCUT2D eigenvalue weighted by Crippen LogP contribution is -2.22. The molecule has 112 valence electrons. The predicted molar refractivity (Wildman–Crippen MR) is 85.9 cm³/mol. The molecule has 1 heterocycles. The van der Waals surface area contributed by atoms with Gasteiger partial charge in [0.25, 0.3) is 5.56 Å². The van der Waals surface area contributed by atoms with Gasteiger partial charge in [-0.25, -0.2) is 0 Å². The summed E-state index contributed by atoms with van der Waals surface area (Å²) in [4.78, 5) is 16.3. The van der Waals surface area contributed by atoms with Crippen molar-refractivity contribution in [2.45, 2.75) is 20.3 Å². The fraction of sp³-hybridized carbons (Fsp3) is 0.235. The predicted octanol–water partition coefficient (Wildman–Crippen LogP) is 2.58. The van der Waals surface area contributed by atoms with Crippen molar-refractivity contribution >= 4 is 11.9 Å². The molecule has 1 aromatic carbocycles. The van der Waals surface area contributed by atoms with Gasteiger partial charge in [0.05, 0.1) is 11.3 Å². The molecule has 0 saturated heterocycles. The molecule has 0 bridgehead atoms. The third kappa shape index (κ3) is 2.63. The first-order valence-electron chi connectivity index (χ1n) is 6.95. The van der Waals surface area contributed by atoms with Gasteiger partial charge in [-0.3, -0.25) is 14.4 Å². The topological polar surface area (TPSA) is 78.4 Å². The Hall–Kier alpha value is -2.87. The molecular formula is C17H17N3O2. The third-order valence-corrected chi connectivity index (χ3v) is 3.67. The minimum Gasteiger partial charge on any atom is -0.494 e. The van der Waals surface area contributed by atoms with Crippen molar-refractivity contribution in [3.8, 4) is 11.9 Å². The van der Waals surface area contributed by atoms with E-state index in [0.717, 1.165) is 22.2 Å². The van der Waals surface area contributed by atoms with Crippen LogP contribution in [0.3, 0.4) is 0 Å². The van der Waals surface area contributed by atoms with Crippen molar-refractivity contribution in [3.63, 3.8) is 0 Å². The first-order valence-corrected chi connectivity index (χ1v) is 6.95. The monoisotopic (exact) mass is 295 g/mol. The van der Waals surface area contributed by atoms with Gasteiger partial charge in [0.15, 0.2) is 0 Å². The Morgan fingerprint density at radius 2 is 2.09 bits per heavy atom. The van der Waals surface area contributed by atoms with E-state index in [1.165, 1.54) is 13.3 Å². The zero-order chi connectivity index (χ0) is 16.3. The number of para-hydroxylation sites is 1. The number of aryl methyl sites for hydroxylation is 1. The minimum absolute atomic E-state index is 0.0190. The standard InChI is InChI=1S/C17H17N3O2/c1-4-12-7-5-6-8-15(12)19-10-14-11(2)13(9-18)16(21)20(3)17(14)22/h5-8,10,22H,4H2,1-3H3. The van der Waals surface area contributed by atoms with E-state index < -0.39 is 5.56 Å². The van der Waals surface area contributed by atoms with Crippen LogP contribution >= 0.6 is 0 Å². The van der Waals surface area contributed by atoms with E-state index in [2.05, 4.69) is 4.99 Å². The molecule has 1 N–H and O–H groups in total. The molecule has 5 heteroatoms. The van der Waals surface area contributed by atoms with Crippen molar-refractivity contribution in [1.82, 2.24) is 4.57 Å². The van der Waals surface area contributed by atoms with E-state index in [-0.39, 0.29) is 11.4 Å². The number of aliphatic imine (C=N–C) groups is 1. The van der Waals surface area contributed by atoms with Crippen molar-refractivity contribution < 1.29 is 5.11 Å². The molecule has 5 nitrogen and oxygen atoms in total. The molecular weight excluding hydrogens is 278 g/mol. The Morgan fingerprint density at radius 1 is 1.41 bits per heavy atom. The molecule has 0 radical (unpaired) electrons. The van der Waals surface area contributed by atoms with Gasteiger partial charge in [-0.05, 0) is 30.5 Å². The summed E-state index contributed by atoms with van der Waals surface area (Å²) < 4.78 is 1.05. The number of nitriles is 1. The highest BCUT2D eigenvalue weighted by Crippen LogP contribution is 2.22. The van der Waals surface area contributed by atoms with Crippen LogP contribution in [0.15, 0.2) is 34.1 Å². The number of hydrogen-bond donors (Lipinski definition) is 1. The van der Waals surface area contributed by atoms with Gasteiger partial charge in [-0.1, -0.05) is 25.1 Å². The van der Waals surface area contributed by atoms with Gasteiger partial charge < -0.3 is 5.11 Å². The van der Waals surface area contributed by atoms with Crippen LogP contribution in [0, 0.1) is 18.3 Å². The van der Waals surface area contributed by atoms with E-state index in [1.54, 1.807) is 6.92 Å². The highest BCUT2D eigenvalue weighted by Gasteiger charge is 2.15. The summed E-state index contributed by atoms with van der Waals surface area (Å²) in [7, 11) is 1.43. The van der Waals surface area contributed by atoms with Crippen molar-refractivity contribution in [2.24, 2.45) is 12.0 Å². The molecule has 2 rings (SSSR count).